The number of hydrogen-bond acceptors (Lipinski definition) is 7. The number of benzene rings is 2. The molecule has 1 heterocycles. The lowest BCUT2D eigenvalue weighted by Crippen LogP contribution is -2.23. The lowest BCUT2D eigenvalue weighted by molar-refractivity contribution is -0.120. The van der Waals surface area contributed by atoms with E-state index in [4.69, 9.17) is 18.9 Å². The van der Waals surface area contributed by atoms with Gasteiger partial charge in [0.25, 0.3) is 0 Å². The second-order valence-corrected chi connectivity index (χ2v) is 6.83. The van der Waals surface area contributed by atoms with E-state index in [1.54, 1.807) is 50.4 Å². The highest BCUT2D eigenvalue weighted by atomic mass is 16.6. The molecule has 0 aliphatic carbocycles. The van der Waals surface area contributed by atoms with Gasteiger partial charge in [0, 0.05) is 17.5 Å². The van der Waals surface area contributed by atoms with E-state index in [1.165, 1.54) is 7.11 Å². The SMILES string of the molecule is COc1ccc(CC(=O)N/N=C(\C)CC(=O)Nc2ccc3c(c2)OCCO3)cc1OC. The van der Waals surface area contributed by atoms with Crippen molar-refractivity contribution >= 4 is 23.2 Å². The first-order chi connectivity index (χ1) is 15.0. The summed E-state index contributed by atoms with van der Waals surface area (Å²) in [5.41, 5.74) is 4.28. The maximum Gasteiger partial charge on any atom is 0.244 e. The fraction of sp³-hybridized carbons (Fsp3) is 0.318. The molecular weight excluding hydrogens is 402 g/mol. The highest BCUT2D eigenvalue weighted by Crippen LogP contribution is 2.32. The third-order valence-corrected chi connectivity index (χ3v) is 4.43. The van der Waals surface area contributed by atoms with Gasteiger partial charge in [-0.3, -0.25) is 9.59 Å². The second-order valence-electron chi connectivity index (χ2n) is 6.83. The molecule has 2 aromatic carbocycles. The van der Waals surface area contributed by atoms with Crippen LogP contribution in [0.25, 0.3) is 0 Å². The zero-order valence-electron chi connectivity index (χ0n) is 17.7. The van der Waals surface area contributed by atoms with Crippen LogP contribution in [0.15, 0.2) is 41.5 Å². The normalized spacial score (nSPS) is 12.7. The summed E-state index contributed by atoms with van der Waals surface area (Å²) in [6.07, 6.45) is 0.144. The smallest absolute Gasteiger partial charge is 0.244 e. The summed E-state index contributed by atoms with van der Waals surface area (Å²) in [6, 6.07) is 10.4. The van der Waals surface area contributed by atoms with Gasteiger partial charge in [-0.25, -0.2) is 5.43 Å². The van der Waals surface area contributed by atoms with Crippen molar-refractivity contribution in [1.29, 1.82) is 0 Å². The zero-order valence-corrected chi connectivity index (χ0v) is 17.7. The van der Waals surface area contributed by atoms with Gasteiger partial charge in [0.15, 0.2) is 23.0 Å². The highest BCUT2D eigenvalue weighted by molar-refractivity contribution is 6.05. The number of methoxy groups -OCH3 is 2. The number of nitrogens with zero attached hydrogens (tertiary/aromatic N) is 1. The molecule has 0 saturated heterocycles. The summed E-state index contributed by atoms with van der Waals surface area (Å²) >= 11 is 0. The van der Waals surface area contributed by atoms with Gasteiger partial charge < -0.3 is 24.3 Å². The Morgan fingerprint density at radius 1 is 0.968 bits per heavy atom. The van der Waals surface area contributed by atoms with Crippen LogP contribution in [0.1, 0.15) is 18.9 Å². The fourth-order valence-corrected chi connectivity index (χ4v) is 2.97. The van der Waals surface area contributed by atoms with Crippen LogP contribution in [0.5, 0.6) is 23.0 Å². The molecule has 0 atom stereocenters. The van der Waals surface area contributed by atoms with Gasteiger partial charge in [-0.15, -0.1) is 0 Å². The minimum atomic E-state index is -0.307. The van der Waals surface area contributed by atoms with Crippen LogP contribution in [0.3, 0.4) is 0 Å². The van der Waals surface area contributed by atoms with Gasteiger partial charge in [-0.2, -0.15) is 5.10 Å². The van der Waals surface area contributed by atoms with E-state index < -0.39 is 0 Å². The Morgan fingerprint density at radius 3 is 2.45 bits per heavy atom. The molecule has 0 aromatic heterocycles. The molecular formula is C22H25N3O6. The molecule has 2 N–H and O–H groups in total. The van der Waals surface area contributed by atoms with Gasteiger partial charge in [0.1, 0.15) is 13.2 Å². The maximum absolute atomic E-state index is 12.3. The Labute approximate surface area is 180 Å². The number of rotatable bonds is 8. The van der Waals surface area contributed by atoms with Crippen molar-refractivity contribution in [3.8, 4) is 23.0 Å². The van der Waals surface area contributed by atoms with Gasteiger partial charge in [-0.05, 0) is 36.8 Å². The number of nitrogens with one attached hydrogen (secondary N) is 2. The summed E-state index contributed by atoms with van der Waals surface area (Å²) in [4.78, 5) is 24.4. The number of hydrogen-bond donors (Lipinski definition) is 2. The topological polar surface area (TPSA) is 107 Å². The molecule has 0 saturated carbocycles. The standard InChI is InChI=1S/C22H25N3O6/c1-14(10-21(26)23-16-5-7-18-20(13-16)31-9-8-30-18)24-25-22(27)12-15-4-6-17(28-2)19(11-15)29-3/h4-7,11,13H,8-10,12H2,1-3H3,(H,23,26)(H,25,27)/b24-14+. The first-order valence-electron chi connectivity index (χ1n) is 9.71. The van der Waals surface area contributed by atoms with Crippen LogP contribution >= 0.6 is 0 Å². The van der Waals surface area contributed by atoms with Crippen LogP contribution < -0.4 is 29.7 Å². The number of anilines is 1. The molecule has 2 amide bonds. The molecule has 9 heteroatoms. The van der Waals surface area contributed by atoms with Crippen LogP contribution in [0, 0.1) is 0 Å². The highest BCUT2D eigenvalue weighted by Gasteiger charge is 2.13. The van der Waals surface area contributed by atoms with Crippen molar-refractivity contribution in [3.05, 3.63) is 42.0 Å². The van der Waals surface area contributed by atoms with Crippen molar-refractivity contribution in [3.63, 3.8) is 0 Å². The second kappa shape index (κ2) is 10.3. The number of ether oxygens (including phenoxy) is 4. The molecule has 1 aliphatic heterocycles. The molecule has 0 fully saturated rings. The largest absolute Gasteiger partial charge is 0.493 e. The number of fused-ring (bicyclic) bond motifs is 1. The quantitative estimate of drug-likeness (QED) is 0.495. The molecule has 9 nitrogen and oxygen atoms in total. The molecule has 164 valence electrons. The van der Waals surface area contributed by atoms with Crippen molar-refractivity contribution < 1.29 is 28.5 Å². The lowest BCUT2D eigenvalue weighted by atomic mass is 10.1. The van der Waals surface area contributed by atoms with Crippen molar-refractivity contribution in [2.24, 2.45) is 5.10 Å². The van der Waals surface area contributed by atoms with Gasteiger partial charge in [0.05, 0.1) is 27.1 Å². The Morgan fingerprint density at radius 2 is 1.71 bits per heavy atom. The Kier molecular flexibility index (Phi) is 7.31. The molecule has 1 aliphatic rings. The number of amides is 2. The van der Waals surface area contributed by atoms with Gasteiger partial charge in [-0.1, -0.05) is 6.07 Å². The molecule has 0 spiro atoms. The van der Waals surface area contributed by atoms with Crippen LogP contribution in [0.4, 0.5) is 5.69 Å². The average molecular weight is 427 g/mol. The minimum absolute atomic E-state index is 0.0328. The van der Waals surface area contributed by atoms with E-state index >= 15 is 0 Å². The van der Waals surface area contributed by atoms with Crippen LogP contribution in [0.2, 0.25) is 0 Å². The van der Waals surface area contributed by atoms with Gasteiger partial charge in [0.2, 0.25) is 11.8 Å². The molecule has 0 unspecified atom stereocenters. The summed E-state index contributed by atoms with van der Waals surface area (Å²) in [6.45, 7) is 2.64. The van der Waals surface area contributed by atoms with E-state index in [2.05, 4.69) is 15.8 Å². The predicted octanol–water partition coefficient (Wildman–Crippen LogP) is 2.54. The maximum atomic E-state index is 12.3. The first-order valence-corrected chi connectivity index (χ1v) is 9.71. The number of carbonyl (C=O) groups excluding carboxylic acids is 2. The molecule has 31 heavy (non-hydrogen) atoms. The van der Waals surface area contributed by atoms with Crippen molar-refractivity contribution in [1.82, 2.24) is 5.43 Å². The molecule has 2 aromatic rings. The molecule has 0 radical (unpaired) electrons. The summed E-state index contributed by atoms with van der Waals surface area (Å²) in [5.74, 6) is 1.81. The Balaban J connectivity index is 1.50. The Bertz CT molecular complexity index is 989. The monoisotopic (exact) mass is 427 g/mol. The number of carbonyl (C=O) groups is 2. The van der Waals surface area contributed by atoms with Crippen molar-refractivity contribution in [2.45, 2.75) is 19.8 Å². The first kappa shape index (κ1) is 21.9. The predicted molar refractivity (Wildman–Crippen MR) is 115 cm³/mol. The van der Waals surface area contributed by atoms with Crippen molar-refractivity contribution in [2.75, 3.05) is 32.8 Å². The van der Waals surface area contributed by atoms with Crippen LogP contribution in [-0.4, -0.2) is 45.0 Å². The van der Waals surface area contributed by atoms with E-state index in [9.17, 15) is 9.59 Å². The average Bonchev–Trinajstić information content (AvgIpc) is 2.77. The van der Waals surface area contributed by atoms with E-state index in [0.29, 0.717) is 47.6 Å². The molecule has 3 rings (SSSR count). The lowest BCUT2D eigenvalue weighted by Gasteiger charge is -2.19. The van der Waals surface area contributed by atoms with E-state index in [0.717, 1.165) is 5.56 Å². The van der Waals surface area contributed by atoms with E-state index in [1.807, 2.05) is 0 Å². The molecule has 0 bridgehead atoms. The van der Waals surface area contributed by atoms with Gasteiger partial charge >= 0.3 is 0 Å². The fourth-order valence-electron chi connectivity index (χ4n) is 2.97. The minimum Gasteiger partial charge on any atom is -0.493 e. The summed E-state index contributed by atoms with van der Waals surface area (Å²) < 4.78 is 21.4. The zero-order chi connectivity index (χ0) is 22.2. The third kappa shape index (κ3) is 6.11. The summed E-state index contributed by atoms with van der Waals surface area (Å²) in [7, 11) is 3.08. The number of hydrazone groups is 1. The van der Waals surface area contributed by atoms with Crippen LogP contribution in [-0.2, 0) is 16.0 Å². The third-order valence-electron chi connectivity index (χ3n) is 4.43. The summed E-state index contributed by atoms with van der Waals surface area (Å²) in [5, 5.41) is 6.78. The Hall–Kier alpha value is -3.75. The van der Waals surface area contributed by atoms with E-state index in [-0.39, 0.29) is 24.7 Å².